The van der Waals surface area contributed by atoms with Gasteiger partial charge in [0.25, 0.3) is 0 Å². The van der Waals surface area contributed by atoms with E-state index in [2.05, 4.69) is 0 Å². The Morgan fingerprint density at radius 2 is 1.88 bits per heavy atom. The van der Waals surface area contributed by atoms with Gasteiger partial charge >= 0.3 is 6.18 Å². The molecule has 90 valence electrons. The second-order valence-electron chi connectivity index (χ2n) is 3.37. The van der Waals surface area contributed by atoms with Crippen molar-refractivity contribution in [2.45, 2.75) is 25.2 Å². The first-order valence-electron chi connectivity index (χ1n) is 4.56. The van der Waals surface area contributed by atoms with Crippen molar-refractivity contribution < 1.29 is 17.9 Å². The highest BCUT2D eigenvalue weighted by molar-refractivity contribution is 6.32. The van der Waals surface area contributed by atoms with E-state index in [0.717, 1.165) is 0 Å². The topological polar surface area (TPSA) is 35.2 Å². The average Bonchev–Trinajstić information content (AvgIpc) is 2.14. The number of nitrogens with two attached hydrogens (primary N) is 1. The van der Waals surface area contributed by atoms with Crippen LogP contribution in [0.3, 0.4) is 0 Å². The molecule has 0 fully saturated rings. The lowest BCUT2D eigenvalue weighted by Gasteiger charge is -2.25. The molecule has 16 heavy (non-hydrogen) atoms. The van der Waals surface area contributed by atoms with Gasteiger partial charge in [-0.2, -0.15) is 13.2 Å². The molecule has 0 aliphatic rings. The van der Waals surface area contributed by atoms with E-state index in [9.17, 15) is 13.2 Å². The van der Waals surface area contributed by atoms with E-state index in [0.29, 0.717) is 0 Å². The van der Waals surface area contributed by atoms with E-state index >= 15 is 0 Å². The zero-order chi connectivity index (χ0) is 12.3. The summed E-state index contributed by atoms with van der Waals surface area (Å²) in [6.07, 6.45) is -6.58. The Morgan fingerprint density at radius 1 is 1.31 bits per heavy atom. The molecule has 1 rings (SSSR count). The van der Waals surface area contributed by atoms with Gasteiger partial charge in [-0.05, 0) is 19.1 Å². The van der Waals surface area contributed by atoms with Crippen LogP contribution in [0, 0.1) is 0 Å². The zero-order valence-electron chi connectivity index (χ0n) is 8.46. The van der Waals surface area contributed by atoms with Gasteiger partial charge < -0.3 is 10.5 Å². The van der Waals surface area contributed by atoms with Crippen LogP contribution in [-0.2, 0) is 0 Å². The number of benzene rings is 1. The Balaban J connectivity index is 2.89. The Bertz CT molecular complexity index is 354. The standard InChI is InChI=1S/C10H11ClF3NO/c1-6(15)9(10(12,13)14)16-8-5-3-2-4-7(8)11/h2-6,9H,15H2,1H3. The van der Waals surface area contributed by atoms with Crippen molar-refractivity contribution >= 4 is 11.6 Å². The van der Waals surface area contributed by atoms with Gasteiger partial charge in [0.1, 0.15) is 5.75 Å². The number of para-hydroxylation sites is 1. The molecule has 0 radical (unpaired) electrons. The van der Waals surface area contributed by atoms with Gasteiger partial charge in [-0.25, -0.2) is 0 Å². The van der Waals surface area contributed by atoms with Gasteiger partial charge in [0.2, 0.25) is 6.10 Å². The molecular weight excluding hydrogens is 243 g/mol. The van der Waals surface area contributed by atoms with Gasteiger partial charge in [0, 0.05) is 6.04 Å². The summed E-state index contributed by atoms with van der Waals surface area (Å²) in [6, 6.07) is 4.78. The van der Waals surface area contributed by atoms with Crippen molar-refractivity contribution in [2.24, 2.45) is 5.73 Å². The smallest absolute Gasteiger partial charge is 0.426 e. The molecular formula is C10H11ClF3NO. The highest BCUT2D eigenvalue weighted by atomic mass is 35.5. The van der Waals surface area contributed by atoms with Crippen molar-refractivity contribution in [3.8, 4) is 5.75 Å². The molecule has 0 spiro atoms. The molecule has 0 heterocycles. The number of ether oxygens (including phenoxy) is 1. The number of rotatable bonds is 3. The van der Waals surface area contributed by atoms with Crippen molar-refractivity contribution in [3.63, 3.8) is 0 Å². The van der Waals surface area contributed by atoms with Crippen LogP contribution in [0.4, 0.5) is 13.2 Å². The molecule has 2 nitrogen and oxygen atoms in total. The first-order valence-corrected chi connectivity index (χ1v) is 4.93. The Labute approximate surface area is 96.1 Å². The molecule has 0 aromatic heterocycles. The monoisotopic (exact) mass is 253 g/mol. The summed E-state index contributed by atoms with van der Waals surface area (Å²) in [5.74, 6) is -0.0243. The van der Waals surface area contributed by atoms with Gasteiger partial charge in [0.15, 0.2) is 0 Å². The van der Waals surface area contributed by atoms with Crippen LogP contribution in [-0.4, -0.2) is 18.3 Å². The Hall–Kier alpha value is -0.940. The fraction of sp³-hybridized carbons (Fsp3) is 0.400. The molecule has 0 amide bonds. The zero-order valence-corrected chi connectivity index (χ0v) is 9.22. The van der Waals surface area contributed by atoms with E-state index in [1.165, 1.54) is 25.1 Å². The van der Waals surface area contributed by atoms with Crippen LogP contribution in [0.2, 0.25) is 5.02 Å². The predicted octanol–water partition coefficient (Wildman–Crippen LogP) is 3.00. The number of hydrogen-bond acceptors (Lipinski definition) is 2. The van der Waals surface area contributed by atoms with Crippen LogP contribution in [0.1, 0.15) is 6.92 Å². The molecule has 2 atom stereocenters. The van der Waals surface area contributed by atoms with Crippen LogP contribution in [0.25, 0.3) is 0 Å². The highest BCUT2D eigenvalue weighted by Gasteiger charge is 2.44. The Kier molecular flexibility index (Phi) is 4.04. The Morgan fingerprint density at radius 3 is 2.31 bits per heavy atom. The number of alkyl halides is 3. The van der Waals surface area contributed by atoms with Gasteiger partial charge in [-0.15, -0.1) is 0 Å². The maximum Gasteiger partial charge on any atom is 0.426 e. The molecule has 0 aliphatic carbocycles. The van der Waals surface area contributed by atoms with Gasteiger partial charge in [-0.1, -0.05) is 23.7 Å². The molecule has 2 unspecified atom stereocenters. The number of hydrogen-bond donors (Lipinski definition) is 1. The minimum atomic E-state index is -4.52. The SMILES string of the molecule is CC(N)C(Oc1ccccc1Cl)C(F)(F)F. The van der Waals surface area contributed by atoms with Crippen molar-refractivity contribution in [1.29, 1.82) is 0 Å². The molecule has 0 bridgehead atoms. The average molecular weight is 254 g/mol. The molecule has 1 aromatic carbocycles. The molecule has 0 aliphatic heterocycles. The fourth-order valence-corrected chi connectivity index (χ4v) is 1.33. The van der Waals surface area contributed by atoms with E-state index < -0.39 is 18.3 Å². The maximum atomic E-state index is 12.5. The molecule has 2 N–H and O–H groups in total. The summed E-state index contributed by atoms with van der Waals surface area (Å²) in [6.45, 7) is 1.23. The summed E-state index contributed by atoms with van der Waals surface area (Å²) < 4.78 is 42.4. The summed E-state index contributed by atoms with van der Waals surface area (Å²) >= 11 is 5.69. The summed E-state index contributed by atoms with van der Waals surface area (Å²) in [7, 11) is 0. The third-order valence-corrected chi connectivity index (χ3v) is 2.20. The van der Waals surface area contributed by atoms with Crippen LogP contribution in [0.15, 0.2) is 24.3 Å². The molecule has 0 saturated carbocycles. The van der Waals surface area contributed by atoms with Crippen molar-refractivity contribution in [3.05, 3.63) is 29.3 Å². The van der Waals surface area contributed by atoms with Crippen molar-refractivity contribution in [2.75, 3.05) is 0 Å². The molecule has 1 aromatic rings. The molecule has 0 saturated heterocycles. The normalized spacial score (nSPS) is 15.6. The van der Waals surface area contributed by atoms with E-state index in [4.69, 9.17) is 22.1 Å². The first-order chi connectivity index (χ1) is 7.32. The fourth-order valence-electron chi connectivity index (χ4n) is 1.15. The quantitative estimate of drug-likeness (QED) is 0.899. The van der Waals surface area contributed by atoms with Gasteiger partial charge in [0.05, 0.1) is 5.02 Å². The van der Waals surface area contributed by atoms with Crippen molar-refractivity contribution in [1.82, 2.24) is 0 Å². The van der Waals surface area contributed by atoms with E-state index in [1.54, 1.807) is 6.07 Å². The lowest BCUT2D eigenvalue weighted by atomic mass is 10.2. The third-order valence-electron chi connectivity index (χ3n) is 1.89. The second kappa shape index (κ2) is 4.93. The molecule has 6 heteroatoms. The third kappa shape index (κ3) is 3.28. The maximum absolute atomic E-state index is 12.5. The highest BCUT2D eigenvalue weighted by Crippen LogP contribution is 2.30. The second-order valence-corrected chi connectivity index (χ2v) is 3.78. The van der Waals surface area contributed by atoms with Crippen LogP contribution in [0.5, 0.6) is 5.75 Å². The lowest BCUT2D eigenvalue weighted by Crippen LogP contribution is -2.47. The predicted molar refractivity (Wildman–Crippen MR) is 55.6 cm³/mol. The summed E-state index contributed by atoms with van der Waals surface area (Å²) in [5, 5.41) is 0.123. The first kappa shape index (κ1) is 13.1. The largest absolute Gasteiger partial charge is 0.478 e. The minimum absolute atomic E-state index is 0.0243. The summed E-state index contributed by atoms with van der Waals surface area (Å²) in [5.41, 5.74) is 5.23. The minimum Gasteiger partial charge on any atom is -0.478 e. The van der Waals surface area contributed by atoms with Crippen LogP contribution < -0.4 is 10.5 Å². The van der Waals surface area contributed by atoms with E-state index in [1.807, 2.05) is 0 Å². The lowest BCUT2D eigenvalue weighted by molar-refractivity contribution is -0.199. The van der Waals surface area contributed by atoms with Gasteiger partial charge in [-0.3, -0.25) is 0 Å². The summed E-state index contributed by atoms with van der Waals surface area (Å²) in [4.78, 5) is 0. The number of halogens is 4. The van der Waals surface area contributed by atoms with Crippen LogP contribution >= 0.6 is 11.6 Å². The van der Waals surface area contributed by atoms with E-state index in [-0.39, 0.29) is 10.8 Å².